The summed E-state index contributed by atoms with van der Waals surface area (Å²) in [6.45, 7) is 5.74. The standard InChI is InChI=1S/C18H35NO2/c1-17(2)10-12-18(20-4,13-11-17)16(19-3)9-5-7-15-8-6-14-21-15/h15-16,19H,5-14H2,1-4H3. The highest BCUT2D eigenvalue weighted by molar-refractivity contribution is 4.98. The van der Waals surface area contributed by atoms with Crippen molar-refractivity contribution >= 4 is 0 Å². The lowest BCUT2D eigenvalue weighted by Gasteiger charge is -2.47. The molecule has 2 rings (SSSR count). The molecule has 2 aliphatic rings. The van der Waals surface area contributed by atoms with E-state index in [4.69, 9.17) is 9.47 Å². The summed E-state index contributed by atoms with van der Waals surface area (Å²) in [6.07, 6.45) is 11.6. The van der Waals surface area contributed by atoms with Crippen LogP contribution in [0, 0.1) is 5.41 Å². The summed E-state index contributed by atoms with van der Waals surface area (Å²) in [5.74, 6) is 0. The number of rotatable bonds is 7. The van der Waals surface area contributed by atoms with Crippen molar-refractivity contribution in [3.05, 3.63) is 0 Å². The van der Waals surface area contributed by atoms with Crippen molar-refractivity contribution in [3.63, 3.8) is 0 Å². The van der Waals surface area contributed by atoms with Gasteiger partial charge in [-0.2, -0.15) is 0 Å². The summed E-state index contributed by atoms with van der Waals surface area (Å²) in [4.78, 5) is 0. The molecule has 0 aromatic heterocycles. The number of ether oxygens (including phenoxy) is 2. The maximum absolute atomic E-state index is 6.05. The maximum Gasteiger partial charge on any atom is 0.0831 e. The number of nitrogens with one attached hydrogen (secondary N) is 1. The second-order valence-electron chi connectivity index (χ2n) is 7.84. The van der Waals surface area contributed by atoms with Crippen molar-refractivity contribution in [2.24, 2.45) is 5.41 Å². The highest BCUT2D eigenvalue weighted by atomic mass is 16.5. The van der Waals surface area contributed by atoms with E-state index in [1.807, 2.05) is 7.11 Å². The third kappa shape index (κ3) is 4.43. The fraction of sp³-hybridized carbons (Fsp3) is 1.00. The lowest BCUT2D eigenvalue weighted by Crippen LogP contribution is -2.53. The Labute approximate surface area is 131 Å². The van der Waals surface area contributed by atoms with Crippen molar-refractivity contribution in [2.75, 3.05) is 20.8 Å². The molecule has 1 heterocycles. The molecule has 1 saturated carbocycles. The minimum Gasteiger partial charge on any atom is -0.378 e. The second kappa shape index (κ2) is 7.43. The first-order valence-corrected chi connectivity index (χ1v) is 8.85. The van der Waals surface area contributed by atoms with Gasteiger partial charge in [-0.15, -0.1) is 0 Å². The molecule has 1 saturated heterocycles. The Morgan fingerprint density at radius 1 is 1.24 bits per heavy atom. The lowest BCUT2D eigenvalue weighted by atomic mass is 9.67. The largest absolute Gasteiger partial charge is 0.378 e. The van der Waals surface area contributed by atoms with E-state index >= 15 is 0 Å². The zero-order valence-corrected chi connectivity index (χ0v) is 14.5. The zero-order chi connectivity index (χ0) is 15.3. The van der Waals surface area contributed by atoms with E-state index in [2.05, 4.69) is 26.2 Å². The summed E-state index contributed by atoms with van der Waals surface area (Å²) in [6, 6.07) is 0.472. The van der Waals surface area contributed by atoms with Crippen LogP contribution in [0.2, 0.25) is 0 Å². The monoisotopic (exact) mass is 297 g/mol. The Bertz CT molecular complexity index is 300. The molecule has 21 heavy (non-hydrogen) atoms. The Morgan fingerprint density at radius 3 is 2.48 bits per heavy atom. The van der Waals surface area contributed by atoms with Crippen LogP contribution in [-0.2, 0) is 9.47 Å². The van der Waals surface area contributed by atoms with Crippen LogP contribution < -0.4 is 5.32 Å². The zero-order valence-electron chi connectivity index (χ0n) is 14.5. The maximum atomic E-state index is 6.05. The van der Waals surface area contributed by atoms with Crippen molar-refractivity contribution in [2.45, 2.75) is 89.4 Å². The minimum atomic E-state index is 0.0425. The molecule has 0 aromatic carbocycles. The van der Waals surface area contributed by atoms with Crippen LogP contribution in [-0.4, -0.2) is 38.5 Å². The van der Waals surface area contributed by atoms with E-state index in [-0.39, 0.29) is 5.60 Å². The van der Waals surface area contributed by atoms with E-state index in [1.165, 1.54) is 57.8 Å². The minimum absolute atomic E-state index is 0.0425. The van der Waals surface area contributed by atoms with Crippen molar-refractivity contribution in [1.29, 1.82) is 0 Å². The lowest BCUT2D eigenvalue weighted by molar-refractivity contribution is -0.0872. The third-order valence-corrected chi connectivity index (χ3v) is 5.88. The van der Waals surface area contributed by atoms with Gasteiger partial charge in [-0.25, -0.2) is 0 Å². The molecular weight excluding hydrogens is 262 g/mol. The molecule has 1 N–H and O–H groups in total. The molecule has 3 nitrogen and oxygen atoms in total. The topological polar surface area (TPSA) is 30.5 Å². The normalized spacial score (nSPS) is 29.4. The number of hydrogen-bond acceptors (Lipinski definition) is 3. The number of likely N-dealkylation sites (N-methyl/N-ethyl adjacent to an activating group) is 1. The van der Waals surface area contributed by atoms with E-state index in [0.717, 1.165) is 6.61 Å². The molecule has 0 spiro atoms. The Kier molecular flexibility index (Phi) is 6.10. The molecule has 0 aromatic rings. The van der Waals surface area contributed by atoms with Gasteiger partial charge in [0.1, 0.15) is 0 Å². The molecule has 124 valence electrons. The van der Waals surface area contributed by atoms with E-state index in [1.54, 1.807) is 0 Å². The van der Waals surface area contributed by atoms with Gasteiger partial charge in [-0.1, -0.05) is 13.8 Å². The molecule has 0 amide bonds. The van der Waals surface area contributed by atoms with Gasteiger partial charge < -0.3 is 14.8 Å². The molecule has 2 fully saturated rings. The first-order chi connectivity index (χ1) is 10.0. The Hall–Kier alpha value is -0.120. The fourth-order valence-electron chi connectivity index (χ4n) is 4.14. The summed E-state index contributed by atoms with van der Waals surface area (Å²) in [5, 5.41) is 3.55. The van der Waals surface area contributed by atoms with Crippen LogP contribution in [0.25, 0.3) is 0 Å². The first kappa shape index (κ1) is 17.2. The average Bonchev–Trinajstić information content (AvgIpc) is 2.98. The van der Waals surface area contributed by atoms with Gasteiger partial charge in [0.2, 0.25) is 0 Å². The molecule has 2 unspecified atom stereocenters. The van der Waals surface area contributed by atoms with Crippen LogP contribution in [0.3, 0.4) is 0 Å². The van der Waals surface area contributed by atoms with E-state index in [0.29, 0.717) is 17.6 Å². The van der Waals surface area contributed by atoms with Gasteiger partial charge in [0, 0.05) is 19.8 Å². The van der Waals surface area contributed by atoms with Gasteiger partial charge in [-0.3, -0.25) is 0 Å². The SMILES string of the molecule is CNC(CCCC1CCCO1)C1(OC)CCC(C)(C)CC1. The second-order valence-corrected chi connectivity index (χ2v) is 7.84. The molecule has 1 aliphatic carbocycles. The summed E-state index contributed by atoms with van der Waals surface area (Å²) >= 11 is 0. The molecule has 0 bridgehead atoms. The molecule has 1 aliphatic heterocycles. The molecule has 3 heteroatoms. The van der Waals surface area contributed by atoms with Crippen LogP contribution in [0.1, 0.15) is 71.6 Å². The van der Waals surface area contributed by atoms with Crippen molar-refractivity contribution < 1.29 is 9.47 Å². The van der Waals surface area contributed by atoms with Crippen LogP contribution in [0.4, 0.5) is 0 Å². The van der Waals surface area contributed by atoms with Gasteiger partial charge in [0.05, 0.1) is 11.7 Å². The Morgan fingerprint density at radius 2 is 1.95 bits per heavy atom. The van der Waals surface area contributed by atoms with E-state index in [9.17, 15) is 0 Å². The quantitative estimate of drug-likeness (QED) is 0.773. The fourth-order valence-corrected chi connectivity index (χ4v) is 4.14. The summed E-state index contributed by atoms with van der Waals surface area (Å²) < 4.78 is 11.8. The van der Waals surface area contributed by atoms with E-state index < -0.39 is 0 Å². The van der Waals surface area contributed by atoms with Crippen molar-refractivity contribution in [1.82, 2.24) is 5.32 Å². The smallest absolute Gasteiger partial charge is 0.0831 e. The number of hydrogen-bond donors (Lipinski definition) is 1. The van der Waals surface area contributed by atoms with Crippen LogP contribution >= 0.6 is 0 Å². The summed E-state index contributed by atoms with van der Waals surface area (Å²) in [7, 11) is 4.00. The van der Waals surface area contributed by atoms with Gasteiger partial charge in [0.25, 0.3) is 0 Å². The molecule has 0 radical (unpaired) electrons. The Balaban J connectivity index is 1.85. The van der Waals surface area contributed by atoms with Gasteiger partial charge in [0.15, 0.2) is 0 Å². The highest BCUT2D eigenvalue weighted by Gasteiger charge is 2.43. The predicted molar refractivity (Wildman–Crippen MR) is 87.7 cm³/mol. The first-order valence-electron chi connectivity index (χ1n) is 8.85. The molecule has 2 atom stereocenters. The van der Waals surface area contributed by atoms with Crippen LogP contribution in [0.5, 0.6) is 0 Å². The number of methoxy groups -OCH3 is 1. The average molecular weight is 297 g/mol. The molecular formula is C18H35NO2. The third-order valence-electron chi connectivity index (χ3n) is 5.88. The predicted octanol–water partition coefficient (Wildman–Crippen LogP) is 3.91. The van der Waals surface area contributed by atoms with Gasteiger partial charge >= 0.3 is 0 Å². The van der Waals surface area contributed by atoms with Gasteiger partial charge in [-0.05, 0) is 70.3 Å². The van der Waals surface area contributed by atoms with Crippen molar-refractivity contribution in [3.8, 4) is 0 Å². The van der Waals surface area contributed by atoms with Crippen LogP contribution in [0.15, 0.2) is 0 Å². The highest BCUT2D eigenvalue weighted by Crippen LogP contribution is 2.44. The summed E-state index contributed by atoms with van der Waals surface area (Å²) in [5.41, 5.74) is 0.527.